The van der Waals surface area contributed by atoms with Crippen LogP contribution in [-0.2, 0) is 9.53 Å². The summed E-state index contributed by atoms with van der Waals surface area (Å²) in [5, 5.41) is 2.77. The van der Waals surface area contributed by atoms with Gasteiger partial charge in [-0.05, 0) is 31.0 Å². The van der Waals surface area contributed by atoms with Crippen molar-refractivity contribution < 1.29 is 23.8 Å². The van der Waals surface area contributed by atoms with Crippen molar-refractivity contribution in [1.82, 2.24) is 5.32 Å². The third-order valence-electron chi connectivity index (χ3n) is 4.98. The molecule has 2 amide bonds. The van der Waals surface area contributed by atoms with E-state index in [1.165, 1.54) is 7.11 Å². The minimum atomic E-state index is -0.724. The Balaban J connectivity index is 2.36. The highest BCUT2D eigenvalue weighted by molar-refractivity contribution is 6.08. The predicted octanol–water partition coefficient (Wildman–Crippen LogP) is 3.52. The standard InChI is InChI=1S/C20H28N2O5/c1-6-13(7-2)11-27-19(23)17-12(3)21-20(24)22-18(17)15-10-14(25-4)8-9-16(15)26-5/h8-10,13,17-18H,6-7,11H2,1-5H3,(H,22,24). The number of benzene rings is 1. The summed E-state index contributed by atoms with van der Waals surface area (Å²) in [6.45, 7) is 6.16. The van der Waals surface area contributed by atoms with E-state index in [-0.39, 0.29) is 0 Å². The van der Waals surface area contributed by atoms with Crippen LogP contribution in [0.2, 0.25) is 0 Å². The second-order valence-corrected chi connectivity index (χ2v) is 6.58. The number of carbonyl (C=O) groups is 2. The average molecular weight is 376 g/mol. The normalized spacial score (nSPS) is 19.3. The van der Waals surface area contributed by atoms with Gasteiger partial charge in [0.05, 0.1) is 26.9 Å². The lowest BCUT2D eigenvalue weighted by Gasteiger charge is -2.31. The maximum Gasteiger partial charge on any atom is 0.341 e. The average Bonchev–Trinajstić information content (AvgIpc) is 2.67. The summed E-state index contributed by atoms with van der Waals surface area (Å²) in [7, 11) is 3.09. The molecule has 1 heterocycles. The first-order valence-electron chi connectivity index (χ1n) is 9.19. The van der Waals surface area contributed by atoms with Gasteiger partial charge in [0.2, 0.25) is 0 Å². The Hall–Kier alpha value is -2.57. The molecule has 2 rings (SSSR count). The third kappa shape index (κ3) is 4.78. The highest BCUT2D eigenvalue weighted by Crippen LogP contribution is 2.36. The van der Waals surface area contributed by atoms with Crippen LogP contribution in [0.25, 0.3) is 0 Å². The largest absolute Gasteiger partial charge is 0.497 e. The van der Waals surface area contributed by atoms with Crippen LogP contribution in [0.3, 0.4) is 0 Å². The number of rotatable bonds is 8. The smallest absolute Gasteiger partial charge is 0.341 e. The van der Waals surface area contributed by atoms with Crippen LogP contribution in [0.5, 0.6) is 11.5 Å². The zero-order valence-corrected chi connectivity index (χ0v) is 16.6. The van der Waals surface area contributed by atoms with E-state index >= 15 is 0 Å². The second kappa shape index (κ2) is 9.39. The number of ether oxygens (including phenoxy) is 3. The van der Waals surface area contributed by atoms with Gasteiger partial charge in [0.15, 0.2) is 0 Å². The second-order valence-electron chi connectivity index (χ2n) is 6.58. The van der Waals surface area contributed by atoms with E-state index in [0.29, 0.717) is 35.3 Å². The fourth-order valence-corrected chi connectivity index (χ4v) is 3.18. The summed E-state index contributed by atoms with van der Waals surface area (Å²) >= 11 is 0. The topological polar surface area (TPSA) is 86.2 Å². The molecule has 1 aliphatic heterocycles. The molecule has 7 nitrogen and oxygen atoms in total. The SMILES string of the molecule is CCC(CC)COC(=O)C1C(C)=NC(=O)NC1c1cc(OC)ccc1OC. The van der Waals surface area contributed by atoms with Gasteiger partial charge in [-0.1, -0.05) is 26.7 Å². The first kappa shape index (κ1) is 20.7. The first-order valence-corrected chi connectivity index (χ1v) is 9.19. The van der Waals surface area contributed by atoms with Crippen molar-refractivity contribution in [2.45, 2.75) is 39.7 Å². The number of nitrogens with one attached hydrogen (secondary N) is 1. The van der Waals surface area contributed by atoms with Gasteiger partial charge in [0, 0.05) is 11.3 Å². The van der Waals surface area contributed by atoms with Crippen molar-refractivity contribution in [2.24, 2.45) is 16.8 Å². The summed E-state index contributed by atoms with van der Waals surface area (Å²) in [4.78, 5) is 28.8. The van der Waals surface area contributed by atoms with E-state index in [1.54, 1.807) is 32.2 Å². The van der Waals surface area contributed by atoms with Crippen molar-refractivity contribution in [2.75, 3.05) is 20.8 Å². The molecule has 0 fully saturated rings. The van der Waals surface area contributed by atoms with Crippen molar-refractivity contribution in [1.29, 1.82) is 0 Å². The molecule has 0 bridgehead atoms. The number of urea groups is 1. The molecule has 0 saturated heterocycles. The van der Waals surface area contributed by atoms with E-state index in [4.69, 9.17) is 14.2 Å². The molecule has 1 aliphatic rings. The predicted molar refractivity (Wildman–Crippen MR) is 102 cm³/mol. The van der Waals surface area contributed by atoms with Crippen LogP contribution in [0.4, 0.5) is 4.79 Å². The summed E-state index contributed by atoms with van der Waals surface area (Å²) in [6.07, 6.45) is 1.87. The number of esters is 1. The van der Waals surface area contributed by atoms with Gasteiger partial charge in [-0.15, -0.1) is 0 Å². The molecule has 1 aromatic rings. The van der Waals surface area contributed by atoms with Gasteiger partial charge in [-0.25, -0.2) is 9.79 Å². The van der Waals surface area contributed by atoms with Gasteiger partial charge in [0.1, 0.15) is 17.4 Å². The fourth-order valence-electron chi connectivity index (χ4n) is 3.18. The molecule has 1 aromatic carbocycles. The lowest BCUT2D eigenvalue weighted by Crippen LogP contribution is -2.44. The minimum absolute atomic E-state index is 0.314. The van der Waals surface area contributed by atoms with Crippen LogP contribution >= 0.6 is 0 Å². The van der Waals surface area contributed by atoms with Gasteiger partial charge in [-0.2, -0.15) is 0 Å². The number of hydrogen-bond acceptors (Lipinski definition) is 5. The van der Waals surface area contributed by atoms with Crippen molar-refractivity contribution in [3.05, 3.63) is 23.8 Å². The number of carbonyl (C=O) groups excluding carboxylic acids is 2. The molecule has 0 aliphatic carbocycles. The Bertz CT molecular complexity index is 712. The lowest BCUT2D eigenvalue weighted by atomic mass is 9.87. The minimum Gasteiger partial charge on any atom is -0.497 e. The zero-order chi connectivity index (χ0) is 20.0. The van der Waals surface area contributed by atoms with Crippen LogP contribution in [0.1, 0.15) is 45.2 Å². The maximum absolute atomic E-state index is 12.9. The Kier molecular flexibility index (Phi) is 7.21. The summed E-state index contributed by atoms with van der Waals surface area (Å²) in [5.41, 5.74) is 1.06. The monoisotopic (exact) mass is 376 g/mol. The number of nitrogens with zero attached hydrogens (tertiary/aromatic N) is 1. The Morgan fingerprint density at radius 2 is 1.93 bits per heavy atom. The third-order valence-corrected chi connectivity index (χ3v) is 4.98. The fraction of sp³-hybridized carbons (Fsp3) is 0.550. The number of aliphatic imine (C=N–C) groups is 1. The summed E-state index contributed by atoms with van der Waals surface area (Å²) < 4.78 is 16.3. The van der Waals surface area contributed by atoms with Gasteiger partial charge in [-0.3, -0.25) is 4.79 Å². The Labute approximate surface area is 160 Å². The molecule has 1 N–H and O–H groups in total. The highest BCUT2D eigenvalue weighted by atomic mass is 16.5. The van der Waals surface area contributed by atoms with Gasteiger partial charge in [0.25, 0.3) is 0 Å². The number of methoxy groups -OCH3 is 2. The summed E-state index contributed by atoms with van der Waals surface area (Å²) in [5.74, 6) is 0.336. The quantitative estimate of drug-likeness (QED) is 0.702. The molecular formula is C20H28N2O5. The number of amides is 2. The molecular weight excluding hydrogens is 348 g/mol. The Morgan fingerprint density at radius 1 is 1.22 bits per heavy atom. The van der Waals surface area contributed by atoms with Crippen molar-refractivity contribution in [3.63, 3.8) is 0 Å². The van der Waals surface area contributed by atoms with Crippen molar-refractivity contribution >= 4 is 17.7 Å². The van der Waals surface area contributed by atoms with E-state index < -0.39 is 24.0 Å². The molecule has 7 heteroatoms. The molecule has 27 heavy (non-hydrogen) atoms. The van der Waals surface area contributed by atoms with Crippen molar-refractivity contribution in [3.8, 4) is 11.5 Å². The zero-order valence-electron chi connectivity index (χ0n) is 16.6. The van der Waals surface area contributed by atoms with E-state index in [9.17, 15) is 9.59 Å². The van der Waals surface area contributed by atoms with E-state index in [0.717, 1.165) is 12.8 Å². The lowest BCUT2D eigenvalue weighted by molar-refractivity contribution is -0.148. The van der Waals surface area contributed by atoms with Gasteiger partial charge < -0.3 is 19.5 Å². The van der Waals surface area contributed by atoms with E-state index in [1.807, 2.05) is 0 Å². The van der Waals surface area contributed by atoms with Crippen LogP contribution in [0, 0.1) is 11.8 Å². The molecule has 0 radical (unpaired) electrons. The maximum atomic E-state index is 12.9. The van der Waals surface area contributed by atoms with Crippen LogP contribution in [-0.4, -0.2) is 38.5 Å². The van der Waals surface area contributed by atoms with Gasteiger partial charge >= 0.3 is 12.0 Å². The highest BCUT2D eigenvalue weighted by Gasteiger charge is 2.39. The molecule has 0 saturated carbocycles. The molecule has 148 valence electrons. The molecule has 0 aromatic heterocycles. The van der Waals surface area contributed by atoms with Crippen LogP contribution in [0.15, 0.2) is 23.2 Å². The first-order chi connectivity index (χ1) is 12.9. The van der Waals surface area contributed by atoms with Crippen LogP contribution < -0.4 is 14.8 Å². The number of hydrogen-bond donors (Lipinski definition) is 1. The summed E-state index contributed by atoms with van der Waals surface area (Å²) in [6, 6.07) is 4.12. The van der Waals surface area contributed by atoms with E-state index in [2.05, 4.69) is 24.2 Å². The molecule has 0 spiro atoms. The Morgan fingerprint density at radius 3 is 2.52 bits per heavy atom. The molecule has 2 unspecified atom stereocenters. The molecule has 2 atom stereocenters.